The molecule has 0 atom stereocenters. The van der Waals surface area contributed by atoms with Gasteiger partial charge in [0.2, 0.25) is 0 Å². The number of aromatic amines is 1. The fourth-order valence-corrected chi connectivity index (χ4v) is 2.40. The van der Waals surface area contributed by atoms with Gasteiger partial charge in [-0.15, -0.1) is 0 Å². The second-order valence-corrected chi connectivity index (χ2v) is 5.47. The minimum absolute atomic E-state index is 0.232. The molecule has 1 heterocycles. The number of H-pyrrole nitrogens is 1. The van der Waals surface area contributed by atoms with Gasteiger partial charge in [0.25, 0.3) is 5.56 Å². The predicted molar refractivity (Wildman–Crippen MR) is 96.4 cm³/mol. The topological polar surface area (TPSA) is 69.5 Å². The molecule has 0 amide bonds. The summed E-state index contributed by atoms with van der Waals surface area (Å²) in [5, 5.41) is 10.2. The van der Waals surface area contributed by atoms with Gasteiger partial charge in [-0.25, -0.2) is 4.98 Å². The highest BCUT2D eigenvalue weighted by atomic mass is 35.5. The van der Waals surface area contributed by atoms with Crippen LogP contribution in [0.4, 0.5) is 0 Å². The van der Waals surface area contributed by atoms with Crippen LogP contribution in [0.5, 0.6) is 0 Å². The van der Waals surface area contributed by atoms with Crippen LogP contribution in [0.2, 0.25) is 5.02 Å². The molecule has 2 aromatic carbocycles. The fourth-order valence-electron chi connectivity index (χ4n) is 2.23. The van der Waals surface area contributed by atoms with Crippen LogP contribution in [-0.4, -0.2) is 9.97 Å². The molecule has 3 aromatic rings. The molecule has 4 nitrogen and oxygen atoms in total. The van der Waals surface area contributed by atoms with Crippen LogP contribution in [0.25, 0.3) is 22.6 Å². The maximum absolute atomic E-state index is 12.2. The van der Waals surface area contributed by atoms with Gasteiger partial charge in [0.1, 0.15) is 6.07 Å². The van der Waals surface area contributed by atoms with Crippen LogP contribution in [0, 0.1) is 11.3 Å². The van der Waals surface area contributed by atoms with Crippen LogP contribution >= 0.6 is 11.6 Å². The van der Waals surface area contributed by atoms with E-state index < -0.39 is 0 Å². The first-order chi connectivity index (χ1) is 11.7. The lowest BCUT2D eigenvalue weighted by Crippen LogP contribution is -2.11. The number of allylic oxidation sites excluding steroid dienone is 3. The Labute approximate surface area is 143 Å². The molecule has 0 saturated carbocycles. The summed E-state index contributed by atoms with van der Waals surface area (Å²) < 4.78 is 0. The lowest BCUT2D eigenvalue weighted by molar-refractivity contribution is 1.13. The predicted octanol–water partition coefficient (Wildman–Crippen LogP) is 4.20. The van der Waals surface area contributed by atoms with Gasteiger partial charge in [-0.1, -0.05) is 54.1 Å². The van der Waals surface area contributed by atoms with Gasteiger partial charge < -0.3 is 4.98 Å². The van der Waals surface area contributed by atoms with Crippen molar-refractivity contribution in [1.82, 2.24) is 9.97 Å². The van der Waals surface area contributed by atoms with Gasteiger partial charge in [-0.05, 0) is 29.8 Å². The molecular weight excluding hydrogens is 322 g/mol. The van der Waals surface area contributed by atoms with E-state index in [0.29, 0.717) is 15.9 Å². The number of aromatic nitrogens is 2. The Morgan fingerprint density at radius 3 is 2.75 bits per heavy atom. The molecule has 0 bridgehead atoms. The first-order valence-electron chi connectivity index (χ1n) is 7.21. The lowest BCUT2D eigenvalue weighted by Gasteiger charge is -2.01. The number of nitriles is 1. The van der Waals surface area contributed by atoms with Crippen molar-refractivity contribution in [3.63, 3.8) is 0 Å². The van der Waals surface area contributed by atoms with Crippen molar-refractivity contribution in [2.45, 2.75) is 0 Å². The van der Waals surface area contributed by atoms with Gasteiger partial charge in [-0.3, -0.25) is 4.79 Å². The molecule has 0 saturated heterocycles. The molecule has 116 valence electrons. The molecule has 24 heavy (non-hydrogen) atoms. The Morgan fingerprint density at radius 1 is 1.21 bits per heavy atom. The van der Waals surface area contributed by atoms with E-state index in [9.17, 15) is 10.1 Å². The smallest absolute Gasteiger partial charge is 0.259 e. The summed E-state index contributed by atoms with van der Waals surface area (Å²) in [7, 11) is 0. The minimum Gasteiger partial charge on any atom is -0.305 e. The summed E-state index contributed by atoms with van der Waals surface area (Å²) in [6, 6.07) is 16.6. The summed E-state index contributed by atoms with van der Waals surface area (Å²) in [4.78, 5) is 19.1. The summed E-state index contributed by atoms with van der Waals surface area (Å²) in [5.74, 6) is 0.232. The zero-order valence-electron chi connectivity index (χ0n) is 12.5. The van der Waals surface area contributed by atoms with Crippen LogP contribution in [-0.2, 0) is 0 Å². The molecule has 0 unspecified atom stereocenters. The maximum atomic E-state index is 12.2. The Hall–Kier alpha value is -3.16. The van der Waals surface area contributed by atoms with Crippen molar-refractivity contribution in [2.75, 3.05) is 0 Å². The fraction of sp³-hybridized carbons (Fsp3) is 0. The molecule has 0 aliphatic carbocycles. The molecule has 5 heteroatoms. The first-order valence-corrected chi connectivity index (χ1v) is 7.58. The number of nitrogens with zero attached hydrogens (tertiary/aromatic N) is 2. The minimum atomic E-state index is -0.328. The number of hydrogen-bond acceptors (Lipinski definition) is 3. The van der Waals surface area contributed by atoms with E-state index in [1.54, 1.807) is 30.4 Å². The molecule has 3 rings (SSSR count). The van der Waals surface area contributed by atoms with Gasteiger partial charge in [0.15, 0.2) is 5.82 Å². The quantitative estimate of drug-likeness (QED) is 0.577. The summed E-state index contributed by atoms with van der Waals surface area (Å²) in [6.45, 7) is 0. The summed E-state index contributed by atoms with van der Waals surface area (Å²) in [6.07, 6.45) is 5.24. The molecule has 0 spiro atoms. The third kappa shape index (κ3) is 3.43. The van der Waals surface area contributed by atoms with Gasteiger partial charge in [-0.2, -0.15) is 5.26 Å². The van der Waals surface area contributed by atoms with E-state index in [4.69, 9.17) is 11.6 Å². The van der Waals surface area contributed by atoms with E-state index in [2.05, 4.69) is 16.0 Å². The molecule has 0 aliphatic heterocycles. The number of halogens is 1. The van der Waals surface area contributed by atoms with Crippen LogP contribution in [0.1, 0.15) is 11.4 Å². The summed E-state index contributed by atoms with van der Waals surface area (Å²) in [5.41, 5.74) is 1.45. The second kappa shape index (κ2) is 6.95. The van der Waals surface area contributed by atoms with Crippen LogP contribution < -0.4 is 5.56 Å². The third-order valence-corrected chi connectivity index (χ3v) is 3.63. The molecular formula is C19H12ClN3O. The maximum Gasteiger partial charge on any atom is 0.259 e. The standard InChI is InChI=1S/C19H12ClN3O/c20-15-9-10-17-16(11-15)19(24)23-18(22-17)14(12-21)8-4-7-13-5-2-1-3-6-13/h1-11H,(H,22,23,24). The van der Waals surface area contributed by atoms with Crippen LogP contribution in [0.3, 0.4) is 0 Å². The molecule has 0 aliphatic rings. The monoisotopic (exact) mass is 333 g/mol. The Kier molecular flexibility index (Phi) is 4.55. The molecule has 0 fully saturated rings. The van der Waals surface area contributed by atoms with E-state index in [1.165, 1.54) is 0 Å². The highest BCUT2D eigenvalue weighted by Gasteiger charge is 2.07. The number of benzene rings is 2. The van der Waals surface area contributed by atoms with Crippen LogP contribution in [0.15, 0.2) is 65.5 Å². The Morgan fingerprint density at radius 2 is 2.00 bits per heavy atom. The average molecular weight is 334 g/mol. The lowest BCUT2D eigenvalue weighted by atomic mass is 10.2. The second-order valence-electron chi connectivity index (χ2n) is 5.04. The first kappa shape index (κ1) is 15.7. The average Bonchev–Trinajstić information content (AvgIpc) is 2.60. The SMILES string of the molecule is N#CC(=CC=Cc1ccccc1)c1nc2ccc(Cl)cc2c(=O)[nH]1. The third-order valence-electron chi connectivity index (χ3n) is 3.39. The Balaban J connectivity index is 1.99. The molecule has 0 radical (unpaired) electrons. The van der Waals surface area contributed by atoms with E-state index in [1.807, 2.05) is 36.4 Å². The highest BCUT2D eigenvalue weighted by Crippen LogP contribution is 2.16. The number of fused-ring (bicyclic) bond motifs is 1. The van der Waals surface area contributed by atoms with Crippen molar-refractivity contribution in [3.05, 3.63) is 87.4 Å². The zero-order valence-corrected chi connectivity index (χ0v) is 13.3. The van der Waals surface area contributed by atoms with Gasteiger partial charge in [0.05, 0.1) is 16.5 Å². The molecule has 1 aromatic heterocycles. The Bertz CT molecular complexity index is 1040. The molecule has 1 N–H and O–H groups in total. The van der Waals surface area contributed by atoms with Gasteiger partial charge >= 0.3 is 0 Å². The van der Waals surface area contributed by atoms with Crippen molar-refractivity contribution in [1.29, 1.82) is 5.26 Å². The number of rotatable bonds is 3. The van der Waals surface area contributed by atoms with Gasteiger partial charge in [0, 0.05) is 5.02 Å². The van der Waals surface area contributed by atoms with Crippen molar-refractivity contribution < 1.29 is 0 Å². The van der Waals surface area contributed by atoms with E-state index >= 15 is 0 Å². The highest BCUT2D eigenvalue weighted by molar-refractivity contribution is 6.31. The number of nitrogens with one attached hydrogen (secondary N) is 1. The number of hydrogen-bond donors (Lipinski definition) is 1. The zero-order chi connectivity index (χ0) is 16.9. The largest absolute Gasteiger partial charge is 0.305 e. The van der Waals surface area contributed by atoms with E-state index in [0.717, 1.165) is 5.56 Å². The van der Waals surface area contributed by atoms with E-state index in [-0.39, 0.29) is 17.0 Å². The summed E-state index contributed by atoms with van der Waals surface area (Å²) >= 11 is 5.89. The van der Waals surface area contributed by atoms with Crippen molar-refractivity contribution in [3.8, 4) is 6.07 Å². The normalized spacial score (nSPS) is 11.8. The van der Waals surface area contributed by atoms with Crippen molar-refractivity contribution >= 4 is 34.2 Å². The van der Waals surface area contributed by atoms with Crippen molar-refractivity contribution in [2.24, 2.45) is 0 Å².